The summed E-state index contributed by atoms with van der Waals surface area (Å²) in [6, 6.07) is -0.306. The number of nitrogens with zero attached hydrogens (tertiary/aromatic N) is 1. The molecule has 0 aromatic rings. The molecule has 98 valence electrons. The van der Waals surface area contributed by atoms with Crippen molar-refractivity contribution in [1.82, 2.24) is 15.5 Å². The van der Waals surface area contributed by atoms with Crippen molar-refractivity contribution in [2.24, 2.45) is 0 Å². The van der Waals surface area contributed by atoms with E-state index in [1.165, 1.54) is 11.9 Å². The van der Waals surface area contributed by atoms with Crippen LogP contribution < -0.4 is 10.6 Å². The van der Waals surface area contributed by atoms with Crippen LogP contribution in [-0.4, -0.2) is 55.1 Å². The number of hydrogen-bond acceptors (Lipinski definition) is 3. The van der Waals surface area contributed by atoms with Crippen molar-refractivity contribution in [3.63, 3.8) is 0 Å². The third-order valence-corrected chi connectivity index (χ3v) is 2.14. The van der Waals surface area contributed by atoms with Gasteiger partial charge in [0.1, 0.15) is 0 Å². The van der Waals surface area contributed by atoms with Gasteiger partial charge in [0.2, 0.25) is 5.91 Å². The van der Waals surface area contributed by atoms with Crippen molar-refractivity contribution in [3.05, 3.63) is 0 Å². The Balaban J connectivity index is 3.67. The minimum atomic E-state index is -0.882. The zero-order chi connectivity index (χ0) is 13.3. The summed E-state index contributed by atoms with van der Waals surface area (Å²) in [5.74, 6) is -1.01. The molecule has 3 amide bonds. The second-order valence-electron chi connectivity index (χ2n) is 3.57. The first-order chi connectivity index (χ1) is 7.97. The van der Waals surface area contributed by atoms with Gasteiger partial charge in [-0.1, -0.05) is 0 Å². The van der Waals surface area contributed by atoms with Gasteiger partial charge in [-0.3, -0.25) is 9.59 Å². The number of carbonyl (C=O) groups is 3. The van der Waals surface area contributed by atoms with Gasteiger partial charge in [0.15, 0.2) is 0 Å². The number of hydrogen-bond donors (Lipinski definition) is 3. The van der Waals surface area contributed by atoms with Crippen LogP contribution in [0.2, 0.25) is 0 Å². The predicted molar refractivity (Wildman–Crippen MR) is 61.6 cm³/mol. The van der Waals surface area contributed by atoms with E-state index in [1.54, 1.807) is 7.05 Å². The van der Waals surface area contributed by atoms with Crippen LogP contribution in [0.25, 0.3) is 0 Å². The zero-order valence-electron chi connectivity index (χ0n) is 10.2. The second-order valence-corrected chi connectivity index (χ2v) is 3.57. The first-order valence-corrected chi connectivity index (χ1v) is 5.38. The maximum atomic E-state index is 11.4. The highest BCUT2D eigenvalue weighted by molar-refractivity contribution is 5.77. The Morgan fingerprint density at radius 3 is 2.41 bits per heavy atom. The molecule has 3 N–H and O–H groups in total. The highest BCUT2D eigenvalue weighted by Crippen LogP contribution is 1.91. The molecule has 0 aliphatic heterocycles. The third-order valence-electron chi connectivity index (χ3n) is 2.14. The predicted octanol–water partition coefficient (Wildman–Crippen LogP) is -0.371. The number of amides is 3. The lowest BCUT2D eigenvalue weighted by molar-refractivity contribution is -0.137. The molecule has 0 unspecified atom stereocenters. The molecular weight excluding hydrogens is 226 g/mol. The van der Waals surface area contributed by atoms with Crippen LogP contribution in [0.15, 0.2) is 0 Å². The molecule has 0 aromatic carbocycles. The molecule has 0 spiro atoms. The molecule has 0 aliphatic carbocycles. The number of nitrogens with one attached hydrogen (secondary N) is 2. The number of aliphatic carboxylic acids is 1. The largest absolute Gasteiger partial charge is 0.481 e. The van der Waals surface area contributed by atoms with Crippen LogP contribution >= 0.6 is 0 Å². The monoisotopic (exact) mass is 245 g/mol. The maximum Gasteiger partial charge on any atom is 0.317 e. The minimum absolute atomic E-state index is 0.0300. The first kappa shape index (κ1) is 15.2. The smallest absolute Gasteiger partial charge is 0.317 e. The number of carbonyl (C=O) groups excluding carboxylic acids is 2. The molecule has 0 atom stereocenters. The summed E-state index contributed by atoms with van der Waals surface area (Å²) in [4.78, 5) is 34.0. The van der Waals surface area contributed by atoms with E-state index in [9.17, 15) is 14.4 Å². The fraction of sp³-hybridized carbons (Fsp3) is 0.700. The summed E-state index contributed by atoms with van der Waals surface area (Å²) in [6.45, 7) is 0.639. The average molecular weight is 245 g/mol. The minimum Gasteiger partial charge on any atom is -0.481 e. The summed E-state index contributed by atoms with van der Waals surface area (Å²) in [5, 5.41) is 13.4. The van der Waals surface area contributed by atoms with Gasteiger partial charge >= 0.3 is 12.0 Å². The number of urea groups is 1. The van der Waals surface area contributed by atoms with E-state index in [0.29, 0.717) is 19.5 Å². The molecule has 17 heavy (non-hydrogen) atoms. The van der Waals surface area contributed by atoms with Gasteiger partial charge in [0.25, 0.3) is 0 Å². The molecule has 7 heteroatoms. The molecule has 0 heterocycles. The van der Waals surface area contributed by atoms with Crippen LogP contribution in [0.1, 0.15) is 19.3 Å². The molecular formula is C10H19N3O4. The topological polar surface area (TPSA) is 98.7 Å². The summed E-state index contributed by atoms with van der Waals surface area (Å²) in [5.41, 5.74) is 0. The summed E-state index contributed by atoms with van der Waals surface area (Å²) >= 11 is 0. The Bertz CT molecular complexity index is 281. The number of carboxylic acid groups (broad SMARTS) is 1. The molecule has 0 aromatic heterocycles. The third kappa shape index (κ3) is 8.06. The number of carboxylic acids is 1. The molecule has 0 aliphatic rings. The Morgan fingerprint density at radius 1 is 1.24 bits per heavy atom. The maximum absolute atomic E-state index is 11.4. The SMILES string of the molecule is CNC(=O)CCN(C)C(=O)NCCCC(=O)O. The average Bonchev–Trinajstić information content (AvgIpc) is 2.30. The van der Waals surface area contributed by atoms with E-state index in [0.717, 1.165) is 0 Å². The van der Waals surface area contributed by atoms with Crippen LogP contribution in [0, 0.1) is 0 Å². The normalized spacial score (nSPS) is 9.53. The Morgan fingerprint density at radius 2 is 1.88 bits per heavy atom. The van der Waals surface area contributed by atoms with Gasteiger partial charge in [0.05, 0.1) is 0 Å². The van der Waals surface area contributed by atoms with E-state index in [-0.39, 0.29) is 24.8 Å². The van der Waals surface area contributed by atoms with Crippen LogP contribution in [0.3, 0.4) is 0 Å². The summed E-state index contributed by atoms with van der Waals surface area (Å²) in [6.07, 6.45) is 0.669. The van der Waals surface area contributed by atoms with Crippen molar-refractivity contribution in [2.45, 2.75) is 19.3 Å². The van der Waals surface area contributed by atoms with Gasteiger partial charge in [0, 0.05) is 40.0 Å². The lowest BCUT2D eigenvalue weighted by Gasteiger charge is -2.17. The van der Waals surface area contributed by atoms with Gasteiger partial charge in [-0.25, -0.2) is 4.79 Å². The van der Waals surface area contributed by atoms with Crippen molar-refractivity contribution >= 4 is 17.9 Å². The molecule has 0 saturated carbocycles. The lowest BCUT2D eigenvalue weighted by Crippen LogP contribution is -2.39. The van der Waals surface area contributed by atoms with E-state index in [1.807, 2.05) is 0 Å². The standard InChI is InChI=1S/C10H19N3O4/c1-11-8(14)5-7-13(2)10(17)12-6-3-4-9(15)16/h3-7H2,1-2H3,(H,11,14)(H,12,17)(H,15,16). The van der Waals surface area contributed by atoms with Crippen molar-refractivity contribution < 1.29 is 19.5 Å². The fourth-order valence-electron chi connectivity index (χ4n) is 1.07. The van der Waals surface area contributed by atoms with Crippen molar-refractivity contribution in [1.29, 1.82) is 0 Å². The van der Waals surface area contributed by atoms with Crippen molar-refractivity contribution in [3.8, 4) is 0 Å². The van der Waals surface area contributed by atoms with Gasteiger partial charge < -0.3 is 20.6 Å². The van der Waals surface area contributed by atoms with Gasteiger partial charge in [-0.05, 0) is 6.42 Å². The Labute approximate surface area is 100 Å². The van der Waals surface area contributed by atoms with Gasteiger partial charge in [-0.2, -0.15) is 0 Å². The summed E-state index contributed by atoms with van der Waals surface area (Å²) in [7, 11) is 3.11. The highest BCUT2D eigenvalue weighted by Gasteiger charge is 2.09. The van der Waals surface area contributed by atoms with Crippen LogP contribution in [0.4, 0.5) is 4.79 Å². The Kier molecular flexibility index (Phi) is 7.49. The molecule has 7 nitrogen and oxygen atoms in total. The quantitative estimate of drug-likeness (QED) is 0.533. The fourth-order valence-corrected chi connectivity index (χ4v) is 1.07. The zero-order valence-corrected chi connectivity index (χ0v) is 10.2. The lowest BCUT2D eigenvalue weighted by atomic mass is 10.3. The van der Waals surface area contributed by atoms with E-state index >= 15 is 0 Å². The molecule has 0 rings (SSSR count). The van der Waals surface area contributed by atoms with Gasteiger partial charge in [-0.15, -0.1) is 0 Å². The van der Waals surface area contributed by atoms with Crippen molar-refractivity contribution in [2.75, 3.05) is 27.2 Å². The molecule has 0 bridgehead atoms. The van der Waals surface area contributed by atoms with Crippen LogP contribution in [0.5, 0.6) is 0 Å². The van der Waals surface area contributed by atoms with E-state index < -0.39 is 5.97 Å². The summed E-state index contributed by atoms with van der Waals surface area (Å²) < 4.78 is 0. The van der Waals surface area contributed by atoms with Crippen LogP contribution in [-0.2, 0) is 9.59 Å². The molecule has 0 radical (unpaired) electrons. The molecule has 0 saturated heterocycles. The highest BCUT2D eigenvalue weighted by atomic mass is 16.4. The number of rotatable bonds is 7. The van der Waals surface area contributed by atoms with E-state index in [4.69, 9.17) is 5.11 Å². The molecule has 0 fully saturated rings. The second kappa shape index (κ2) is 8.37. The first-order valence-electron chi connectivity index (χ1n) is 5.38. The van der Waals surface area contributed by atoms with E-state index in [2.05, 4.69) is 10.6 Å². The Hall–Kier alpha value is -1.79.